The van der Waals surface area contributed by atoms with E-state index in [-0.39, 0.29) is 30.9 Å². The predicted octanol–water partition coefficient (Wildman–Crippen LogP) is 3.20. The fourth-order valence-electron chi connectivity index (χ4n) is 4.18. The number of halogens is 5. The molecule has 1 aliphatic heterocycles. The maximum Gasteiger partial charge on any atom is 0.418 e. The minimum atomic E-state index is -4.81. The van der Waals surface area contributed by atoms with Crippen molar-refractivity contribution in [3.05, 3.63) is 46.3 Å². The summed E-state index contributed by atoms with van der Waals surface area (Å²) in [5.74, 6) is -6.20. The standard InChI is InChI=1S/C22H24F5N3O5S2/c1-12-11-29(16-5-4-14(19(28)32)10-15(16)22(25,26)27)8-9-30(12)37(34,35)18-7-6-17(36-18)21(33,13(2)31)20(3,23)24/h4-7,10,12,33H,8-9,11H2,1-3H3,(H2,28,32). The van der Waals surface area contributed by atoms with Gasteiger partial charge in [0, 0.05) is 43.9 Å². The van der Waals surface area contributed by atoms with Crippen molar-refractivity contribution in [1.82, 2.24) is 4.31 Å². The predicted molar refractivity (Wildman–Crippen MR) is 125 cm³/mol. The Labute approximate surface area is 213 Å². The highest BCUT2D eigenvalue weighted by Gasteiger charge is 2.55. The molecule has 3 rings (SSSR count). The third-order valence-corrected chi connectivity index (χ3v) is 9.81. The second-order valence-corrected chi connectivity index (χ2v) is 12.0. The Kier molecular flexibility index (Phi) is 7.51. The highest BCUT2D eigenvalue weighted by molar-refractivity contribution is 7.91. The van der Waals surface area contributed by atoms with E-state index in [4.69, 9.17) is 5.73 Å². The lowest BCUT2D eigenvalue weighted by Crippen LogP contribution is -2.54. The molecule has 0 aliphatic carbocycles. The minimum absolute atomic E-state index is 0.148. The number of aliphatic hydroxyl groups is 1. The summed E-state index contributed by atoms with van der Waals surface area (Å²) in [4.78, 5) is 24.0. The number of Topliss-reactive ketones (excluding diaryl/α,β-unsaturated/α-hetero) is 1. The summed E-state index contributed by atoms with van der Waals surface area (Å²) in [7, 11) is -4.31. The number of carbonyl (C=O) groups is 2. The van der Waals surface area contributed by atoms with E-state index in [1.54, 1.807) is 0 Å². The normalized spacial score (nSPS) is 19.5. The van der Waals surface area contributed by atoms with Crippen molar-refractivity contribution in [3.63, 3.8) is 0 Å². The number of alkyl halides is 5. The van der Waals surface area contributed by atoms with Crippen molar-refractivity contribution in [1.29, 1.82) is 0 Å². The van der Waals surface area contributed by atoms with Gasteiger partial charge in [-0.25, -0.2) is 17.2 Å². The SMILES string of the molecule is CC(=O)C(O)(c1ccc(S(=O)(=O)N2CCN(c3ccc(C(N)=O)cc3C(F)(F)F)CC2C)s1)C(C)(F)F. The lowest BCUT2D eigenvalue weighted by atomic mass is 9.91. The summed E-state index contributed by atoms with van der Waals surface area (Å²) in [5.41, 5.74) is 0.194. The number of hydrogen-bond acceptors (Lipinski definition) is 7. The van der Waals surface area contributed by atoms with Crippen molar-refractivity contribution in [3.8, 4) is 0 Å². The number of nitrogens with two attached hydrogens (primary N) is 1. The van der Waals surface area contributed by atoms with Crippen LogP contribution in [0.5, 0.6) is 0 Å². The van der Waals surface area contributed by atoms with Crippen LogP contribution in [0.3, 0.4) is 0 Å². The van der Waals surface area contributed by atoms with Gasteiger partial charge in [-0.3, -0.25) is 9.59 Å². The quantitative estimate of drug-likeness (QED) is 0.494. The van der Waals surface area contributed by atoms with E-state index in [1.807, 2.05) is 0 Å². The molecular formula is C22H24F5N3O5S2. The van der Waals surface area contributed by atoms with Gasteiger partial charge in [0.2, 0.25) is 11.5 Å². The summed E-state index contributed by atoms with van der Waals surface area (Å²) < 4.78 is 96.4. The summed E-state index contributed by atoms with van der Waals surface area (Å²) in [6, 6.07) is 3.97. The van der Waals surface area contributed by atoms with Gasteiger partial charge in [-0.15, -0.1) is 11.3 Å². The number of carbonyl (C=O) groups excluding carboxylic acids is 2. The maximum atomic E-state index is 14.1. The van der Waals surface area contributed by atoms with Gasteiger partial charge in [0.05, 0.1) is 10.4 Å². The second-order valence-electron chi connectivity index (χ2n) is 8.78. The Morgan fingerprint density at radius 3 is 2.22 bits per heavy atom. The van der Waals surface area contributed by atoms with Crippen LogP contribution in [0.4, 0.5) is 27.6 Å². The van der Waals surface area contributed by atoms with Gasteiger partial charge in [-0.2, -0.15) is 17.5 Å². The van der Waals surface area contributed by atoms with Gasteiger partial charge >= 0.3 is 6.18 Å². The molecule has 0 saturated carbocycles. The number of rotatable bonds is 7. The zero-order valence-corrected chi connectivity index (χ0v) is 21.5. The van der Waals surface area contributed by atoms with E-state index in [2.05, 4.69) is 0 Å². The summed E-state index contributed by atoms with van der Waals surface area (Å²) in [6.45, 7) is 2.03. The van der Waals surface area contributed by atoms with Gasteiger partial charge in [-0.05, 0) is 44.2 Å². The number of sulfonamides is 1. The van der Waals surface area contributed by atoms with Crippen LogP contribution in [0.15, 0.2) is 34.5 Å². The Morgan fingerprint density at radius 1 is 1.11 bits per heavy atom. The van der Waals surface area contributed by atoms with Gasteiger partial charge < -0.3 is 15.7 Å². The zero-order valence-electron chi connectivity index (χ0n) is 19.8. The fraction of sp³-hybridized carbons (Fsp3) is 0.455. The molecule has 3 N–H and O–H groups in total. The number of piperazine rings is 1. The van der Waals surface area contributed by atoms with Gasteiger partial charge in [0.1, 0.15) is 4.21 Å². The summed E-state index contributed by atoms with van der Waals surface area (Å²) in [5, 5.41) is 10.4. The first-order chi connectivity index (χ1) is 16.8. The topological polar surface area (TPSA) is 121 Å². The van der Waals surface area contributed by atoms with E-state index in [0.717, 1.165) is 35.5 Å². The number of hydrogen-bond donors (Lipinski definition) is 2. The molecule has 37 heavy (non-hydrogen) atoms. The largest absolute Gasteiger partial charge is 0.418 e. The minimum Gasteiger partial charge on any atom is -0.372 e. The number of primary amides is 1. The number of nitrogens with zero attached hydrogens (tertiary/aromatic N) is 2. The van der Waals surface area contributed by atoms with Crippen LogP contribution in [-0.4, -0.2) is 61.1 Å². The van der Waals surface area contributed by atoms with Crippen molar-refractivity contribution < 1.29 is 45.1 Å². The summed E-state index contributed by atoms with van der Waals surface area (Å²) in [6.07, 6.45) is -4.81. The smallest absolute Gasteiger partial charge is 0.372 e. The molecule has 1 aliphatic rings. The third-order valence-electron chi connectivity index (χ3n) is 6.14. The lowest BCUT2D eigenvalue weighted by molar-refractivity contribution is -0.184. The number of benzene rings is 1. The Morgan fingerprint density at radius 2 is 1.73 bits per heavy atom. The van der Waals surface area contributed by atoms with Crippen LogP contribution in [0, 0.1) is 0 Å². The van der Waals surface area contributed by atoms with Crippen LogP contribution in [0.25, 0.3) is 0 Å². The fourth-order valence-corrected chi connectivity index (χ4v) is 7.45. The van der Waals surface area contributed by atoms with Crippen molar-refractivity contribution in [2.45, 2.75) is 48.7 Å². The molecule has 1 fully saturated rings. The van der Waals surface area contributed by atoms with Crippen LogP contribution < -0.4 is 10.6 Å². The van der Waals surface area contributed by atoms with E-state index in [1.165, 1.54) is 11.8 Å². The van der Waals surface area contributed by atoms with Crippen molar-refractivity contribution in [2.24, 2.45) is 5.73 Å². The molecule has 2 atom stereocenters. The van der Waals surface area contributed by atoms with Crippen LogP contribution in [0.2, 0.25) is 0 Å². The molecule has 204 valence electrons. The lowest BCUT2D eigenvalue weighted by Gasteiger charge is -2.40. The molecule has 0 radical (unpaired) electrons. The summed E-state index contributed by atoms with van der Waals surface area (Å²) >= 11 is 0.318. The van der Waals surface area contributed by atoms with Gasteiger partial charge in [-0.1, -0.05) is 0 Å². The second kappa shape index (κ2) is 9.60. The first-order valence-electron chi connectivity index (χ1n) is 10.8. The average molecular weight is 570 g/mol. The molecule has 8 nitrogen and oxygen atoms in total. The highest BCUT2D eigenvalue weighted by atomic mass is 32.2. The van der Waals surface area contributed by atoms with E-state index < -0.39 is 60.1 Å². The molecule has 1 amide bonds. The molecule has 2 heterocycles. The van der Waals surface area contributed by atoms with Crippen molar-refractivity contribution >= 4 is 38.7 Å². The molecular weight excluding hydrogens is 545 g/mol. The first-order valence-corrected chi connectivity index (χ1v) is 13.1. The number of ketones is 1. The van der Waals surface area contributed by atoms with Gasteiger partial charge in [0.15, 0.2) is 5.78 Å². The number of amides is 1. The molecule has 0 spiro atoms. The monoisotopic (exact) mass is 569 g/mol. The Hall–Kier alpha value is -2.62. The van der Waals surface area contributed by atoms with Crippen LogP contribution in [0.1, 0.15) is 41.6 Å². The third kappa shape index (κ3) is 5.22. The molecule has 1 aromatic heterocycles. The Balaban J connectivity index is 1.90. The van der Waals surface area contributed by atoms with Crippen LogP contribution in [-0.2, 0) is 26.6 Å². The molecule has 15 heteroatoms. The first kappa shape index (κ1) is 28.9. The van der Waals surface area contributed by atoms with E-state index in [0.29, 0.717) is 24.3 Å². The number of anilines is 1. The van der Waals surface area contributed by atoms with E-state index >= 15 is 0 Å². The molecule has 2 unspecified atom stereocenters. The maximum absolute atomic E-state index is 14.1. The number of thiophene rings is 1. The molecule has 2 aromatic rings. The molecule has 1 aromatic carbocycles. The van der Waals surface area contributed by atoms with Gasteiger partial charge in [0.25, 0.3) is 15.9 Å². The van der Waals surface area contributed by atoms with E-state index in [9.17, 15) is 45.1 Å². The highest BCUT2D eigenvalue weighted by Crippen LogP contribution is 2.43. The average Bonchev–Trinajstić information content (AvgIpc) is 3.27. The molecule has 0 bridgehead atoms. The molecule has 1 saturated heterocycles. The Bertz CT molecular complexity index is 1320. The van der Waals surface area contributed by atoms with Crippen LogP contribution >= 0.6 is 11.3 Å². The van der Waals surface area contributed by atoms with Crippen molar-refractivity contribution in [2.75, 3.05) is 24.5 Å². The zero-order chi connectivity index (χ0) is 28.1.